The van der Waals surface area contributed by atoms with E-state index in [0.29, 0.717) is 27.8 Å². The van der Waals surface area contributed by atoms with Gasteiger partial charge in [0.25, 0.3) is 0 Å². The predicted molar refractivity (Wildman–Crippen MR) is 76.6 cm³/mol. The molecule has 0 radical (unpaired) electrons. The van der Waals surface area contributed by atoms with Crippen molar-refractivity contribution in [2.75, 3.05) is 5.73 Å². The van der Waals surface area contributed by atoms with Gasteiger partial charge in [0.2, 0.25) is 0 Å². The number of nitriles is 1. The number of ether oxygens (including phenoxy) is 1. The first-order valence-electron chi connectivity index (χ1n) is 5.75. The van der Waals surface area contributed by atoms with Crippen molar-refractivity contribution in [3.63, 3.8) is 0 Å². The summed E-state index contributed by atoms with van der Waals surface area (Å²) in [5.41, 5.74) is 8.63. The molecule has 0 spiro atoms. The van der Waals surface area contributed by atoms with E-state index >= 15 is 0 Å². The molecule has 0 heterocycles. The van der Waals surface area contributed by atoms with E-state index in [1.807, 2.05) is 13.8 Å². The predicted octanol–water partition coefficient (Wildman–Crippen LogP) is 4.20. The molecule has 0 aliphatic heterocycles. The number of hydrogen-bond donors (Lipinski definition) is 1. The Morgan fingerprint density at radius 1 is 1.16 bits per heavy atom. The Hall–Kier alpha value is -2.18. The lowest BCUT2D eigenvalue weighted by molar-refractivity contribution is 0.475. The molecule has 2 aromatic carbocycles. The van der Waals surface area contributed by atoms with Crippen LogP contribution in [0.3, 0.4) is 0 Å². The molecule has 0 bridgehead atoms. The number of hydrogen-bond acceptors (Lipinski definition) is 3. The van der Waals surface area contributed by atoms with E-state index in [0.717, 1.165) is 11.1 Å². The third kappa shape index (κ3) is 2.81. The first-order valence-corrected chi connectivity index (χ1v) is 6.13. The molecule has 0 atom stereocenters. The van der Waals surface area contributed by atoms with Crippen LogP contribution in [0, 0.1) is 25.2 Å². The number of benzene rings is 2. The number of aryl methyl sites for hydroxylation is 2. The van der Waals surface area contributed by atoms with E-state index in [1.54, 1.807) is 30.3 Å². The summed E-state index contributed by atoms with van der Waals surface area (Å²) >= 11 is 6.09. The van der Waals surface area contributed by atoms with Crippen molar-refractivity contribution in [2.24, 2.45) is 0 Å². The molecule has 0 saturated heterocycles. The lowest BCUT2D eigenvalue weighted by atomic mass is 10.1. The lowest BCUT2D eigenvalue weighted by Crippen LogP contribution is -1.94. The topological polar surface area (TPSA) is 59.0 Å². The van der Waals surface area contributed by atoms with Gasteiger partial charge >= 0.3 is 0 Å². The fourth-order valence-corrected chi connectivity index (χ4v) is 2.11. The second kappa shape index (κ2) is 5.21. The van der Waals surface area contributed by atoms with Crippen LogP contribution in [0.2, 0.25) is 5.02 Å². The van der Waals surface area contributed by atoms with Gasteiger partial charge in [-0.3, -0.25) is 0 Å². The SMILES string of the molecule is Cc1cc(C#N)cc(C)c1Oc1ccc(N)cc1Cl. The highest BCUT2D eigenvalue weighted by Gasteiger charge is 2.10. The van der Waals surface area contributed by atoms with Gasteiger partial charge in [0.05, 0.1) is 16.7 Å². The van der Waals surface area contributed by atoms with Gasteiger partial charge in [0, 0.05) is 5.69 Å². The zero-order valence-corrected chi connectivity index (χ0v) is 11.5. The fraction of sp³-hybridized carbons (Fsp3) is 0.133. The van der Waals surface area contributed by atoms with Gasteiger partial charge in [-0.2, -0.15) is 5.26 Å². The summed E-state index contributed by atoms with van der Waals surface area (Å²) < 4.78 is 5.83. The normalized spacial score (nSPS) is 10.0. The molecular weight excluding hydrogens is 260 g/mol. The summed E-state index contributed by atoms with van der Waals surface area (Å²) in [5.74, 6) is 1.26. The van der Waals surface area contributed by atoms with Gasteiger partial charge in [0.15, 0.2) is 0 Å². The molecule has 2 rings (SSSR count). The first kappa shape index (κ1) is 13.3. The average molecular weight is 273 g/mol. The van der Waals surface area contributed by atoms with Gasteiger partial charge in [-0.25, -0.2) is 0 Å². The molecule has 0 fully saturated rings. The molecule has 0 saturated carbocycles. The van der Waals surface area contributed by atoms with Crippen LogP contribution in [-0.2, 0) is 0 Å². The molecule has 0 aliphatic carbocycles. The Balaban J connectivity index is 2.41. The molecule has 2 N–H and O–H groups in total. The van der Waals surface area contributed by atoms with Crippen molar-refractivity contribution in [1.29, 1.82) is 5.26 Å². The van der Waals surface area contributed by atoms with Crippen LogP contribution in [-0.4, -0.2) is 0 Å². The van der Waals surface area contributed by atoms with Crippen molar-refractivity contribution in [3.8, 4) is 17.6 Å². The maximum Gasteiger partial charge on any atom is 0.146 e. The Kier molecular flexibility index (Phi) is 3.64. The van der Waals surface area contributed by atoms with Crippen LogP contribution in [0.15, 0.2) is 30.3 Å². The van der Waals surface area contributed by atoms with Crippen molar-refractivity contribution < 1.29 is 4.74 Å². The van der Waals surface area contributed by atoms with E-state index in [2.05, 4.69) is 6.07 Å². The summed E-state index contributed by atoms with van der Waals surface area (Å²) in [6.07, 6.45) is 0. The monoisotopic (exact) mass is 272 g/mol. The van der Waals surface area contributed by atoms with E-state index < -0.39 is 0 Å². The molecule has 0 unspecified atom stereocenters. The largest absolute Gasteiger partial charge is 0.455 e. The minimum atomic E-state index is 0.461. The van der Waals surface area contributed by atoms with Crippen LogP contribution in [0.5, 0.6) is 11.5 Å². The average Bonchev–Trinajstić information content (AvgIpc) is 2.35. The second-order valence-corrected chi connectivity index (χ2v) is 4.75. The molecule has 0 aliphatic rings. The number of nitrogens with two attached hydrogens (primary N) is 1. The lowest BCUT2D eigenvalue weighted by Gasteiger charge is -2.13. The van der Waals surface area contributed by atoms with E-state index in [4.69, 9.17) is 27.3 Å². The van der Waals surface area contributed by atoms with Gasteiger partial charge in [-0.1, -0.05) is 11.6 Å². The second-order valence-electron chi connectivity index (χ2n) is 4.34. The number of nitrogens with zero attached hydrogens (tertiary/aromatic N) is 1. The third-order valence-corrected chi connectivity index (χ3v) is 3.05. The Morgan fingerprint density at radius 2 is 1.79 bits per heavy atom. The van der Waals surface area contributed by atoms with Gasteiger partial charge in [-0.15, -0.1) is 0 Å². The molecule has 3 nitrogen and oxygen atoms in total. The number of nitrogen functional groups attached to an aromatic ring is 1. The van der Waals surface area contributed by atoms with Crippen LogP contribution in [0.4, 0.5) is 5.69 Å². The van der Waals surface area contributed by atoms with Crippen molar-refractivity contribution >= 4 is 17.3 Å². The third-order valence-electron chi connectivity index (χ3n) is 2.76. The van der Waals surface area contributed by atoms with Crippen molar-refractivity contribution in [2.45, 2.75) is 13.8 Å². The Bertz CT molecular complexity index is 651. The van der Waals surface area contributed by atoms with Gasteiger partial charge in [-0.05, 0) is 55.3 Å². The number of rotatable bonds is 2. The molecule has 0 amide bonds. The Labute approximate surface area is 117 Å². The molecule has 19 heavy (non-hydrogen) atoms. The fourth-order valence-electron chi connectivity index (χ4n) is 1.89. The highest BCUT2D eigenvalue weighted by atomic mass is 35.5. The maximum atomic E-state index is 8.92. The maximum absolute atomic E-state index is 8.92. The van der Waals surface area contributed by atoms with Gasteiger partial charge < -0.3 is 10.5 Å². The molecule has 96 valence electrons. The van der Waals surface area contributed by atoms with Crippen LogP contribution < -0.4 is 10.5 Å². The van der Waals surface area contributed by atoms with E-state index in [1.165, 1.54) is 0 Å². The number of anilines is 1. The smallest absolute Gasteiger partial charge is 0.146 e. The van der Waals surface area contributed by atoms with E-state index in [9.17, 15) is 0 Å². The summed E-state index contributed by atoms with van der Waals surface area (Å²) in [7, 11) is 0. The molecule has 2 aromatic rings. The van der Waals surface area contributed by atoms with E-state index in [-0.39, 0.29) is 0 Å². The Morgan fingerprint density at radius 3 is 2.32 bits per heavy atom. The minimum Gasteiger partial charge on any atom is -0.455 e. The van der Waals surface area contributed by atoms with Crippen molar-refractivity contribution in [3.05, 3.63) is 52.0 Å². The molecule has 0 aromatic heterocycles. The van der Waals surface area contributed by atoms with Crippen LogP contribution in [0.1, 0.15) is 16.7 Å². The highest BCUT2D eigenvalue weighted by molar-refractivity contribution is 6.32. The molecule has 4 heteroatoms. The summed E-state index contributed by atoms with van der Waals surface area (Å²) in [6, 6.07) is 10.8. The van der Waals surface area contributed by atoms with Crippen LogP contribution in [0.25, 0.3) is 0 Å². The first-order chi connectivity index (χ1) is 9.01. The number of halogens is 1. The van der Waals surface area contributed by atoms with Crippen molar-refractivity contribution in [1.82, 2.24) is 0 Å². The summed E-state index contributed by atoms with van der Waals surface area (Å²) in [5, 5.41) is 9.38. The zero-order valence-electron chi connectivity index (χ0n) is 10.7. The summed E-state index contributed by atoms with van der Waals surface area (Å²) in [6.45, 7) is 3.79. The van der Waals surface area contributed by atoms with Gasteiger partial charge in [0.1, 0.15) is 11.5 Å². The zero-order chi connectivity index (χ0) is 14.0. The standard InChI is InChI=1S/C15H13ClN2O/c1-9-5-11(8-17)6-10(2)15(9)19-14-4-3-12(18)7-13(14)16/h3-7H,18H2,1-2H3. The van der Waals surface area contributed by atoms with Crippen LogP contribution >= 0.6 is 11.6 Å². The minimum absolute atomic E-state index is 0.461. The quantitative estimate of drug-likeness (QED) is 0.834. The highest BCUT2D eigenvalue weighted by Crippen LogP contribution is 2.34. The molecular formula is C15H13ClN2O. The summed E-state index contributed by atoms with van der Waals surface area (Å²) in [4.78, 5) is 0.